The van der Waals surface area contributed by atoms with Gasteiger partial charge in [0, 0.05) is 5.41 Å². The van der Waals surface area contributed by atoms with Crippen molar-refractivity contribution in [2.75, 3.05) is 26.4 Å². The second kappa shape index (κ2) is 18.9. The highest BCUT2D eigenvalue weighted by molar-refractivity contribution is 5.75. The van der Waals surface area contributed by atoms with E-state index < -0.39 is 11.7 Å². The maximum Gasteiger partial charge on any atom is 0.176 e. The molecule has 0 bridgehead atoms. The van der Waals surface area contributed by atoms with Crippen LogP contribution < -0.4 is 4.74 Å². The van der Waals surface area contributed by atoms with Crippen LogP contribution in [0, 0.1) is 5.41 Å². The molecule has 0 heterocycles. The van der Waals surface area contributed by atoms with Crippen molar-refractivity contribution in [2.24, 2.45) is 5.41 Å². The van der Waals surface area contributed by atoms with Crippen molar-refractivity contribution in [2.45, 2.75) is 98.2 Å². The minimum atomic E-state index is -1.00. The molecule has 0 aliphatic heterocycles. The van der Waals surface area contributed by atoms with Crippen molar-refractivity contribution in [1.82, 2.24) is 0 Å². The highest BCUT2D eigenvalue weighted by atomic mass is 16.6. The Morgan fingerprint density at radius 1 is 0.756 bits per heavy atom. The van der Waals surface area contributed by atoms with Gasteiger partial charge in [-0.1, -0.05) is 102 Å². The molecule has 1 unspecified atom stereocenters. The van der Waals surface area contributed by atoms with Crippen LogP contribution in [0.5, 0.6) is 5.75 Å². The third-order valence-electron chi connectivity index (χ3n) is 8.90. The lowest BCUT2D eigenvalue weighted by Crippen LogP contribution is -2.32. The van der Waals surface area contributed by atoms with Crippen molar-refractivity contribution >= 4 is 0 Å². The maximum absolute atomic E-state index is 10.1. The summed E-state index contributed by atoms with van der Waals surface area (Å²) in [5.74, 6) is 0.751. The predicted molar refractivity (Wildman–Crippen MR) is 187 cm³/mol. The number of ether oxygens (including phenoxy) is 2. The summed E-state index contributed by atoms with van der Waals surface area (Å²) in [6.07, 6.45) is 8.62. The van der Waals surface area contributed by atoms with Crippen LogP contribution in [0.15, 0.2) is 72.8 Å². The summed E-state index contributed by atoms with van der Waals surface area (Å²) >= 11 is 0. The number of rotatable bonds is 21. The smallest absolute Gasteiger partial charge is 0.176 e. The lowest BCUT2D eigenvalue weighted by molar-refractivity contribution is -0.0706. The third-order valence-corrected chi connectivity index (χ3v) is 8.90. The SMILES string of the molecule is C=C(C)C(O)OCCc1cc(-c2ccc(-c3ccc(CCCCC)cc3)cc2CC)ccc1OCCC(CO)(CO)CCCC. The number of aliphatic hydroxyl groups is 3. The summed E-state index contributed by atoms with van der Waals surface area (Å²) in [5, 5.41) is 30.2. The Morgan fingerprint density at radius 3 is 2.07 bits per heavy atom. The summed E-state index contributed by atoms with van der Waals surface area (Å²) in [6, 6.07) is 22.0. The van der Waals surface area contributed by atoms with Crippen LogP contribution in [0.3, 0.4) is 0 Å². The van der Waals surface area contributed by atoms with Gasteiger partial charge >= 0.3 is 0 Å². The quantitative estimate of drug-likeness (QED) is 0.0634. The van der Waals surface area contributed by atoms with Gasteiger partial charge in [-0.3, -0.25) is 0 Å². The molecule has 45 heavy (non-hydrogen) atoms. The Hall–Kier alpha value is -2.96. The molecule has 0 aliphatic carbocycles. The second-order valence-electron chi connectivity index (χ2n) is 12.5. The van der Waals surface area contributed by atoms with Crippen LogP contribution in [0.4, 0.5) is 0 Å². The zero-order chi connectivity index (χ0) is 32.7. The first-order chi connectivity index (χ1) is 21.8. The van der Waals surface area contributed by atoms with E-state index in [1.54, 1.807) is 6.92 Å². The molecule has 0 radical (unpaired) electrons. The van der Waals surface area contributed by atoms with Gasteiger partial charge in [-0.15, -0.1) is 0 Å². The van der Waals surface area contributed by atoms with Gasteiger partial charge in [-0.2, -0.15) is 0 Å². The van der Waals surface area contributed by atoms with Crippen molar-refractivity contribution in [1.29, 1.82) is 0 Å². The van der Waals surface area contributed by atoms with Crippen molar-refractivity contribution in [3.8, 4) is 28.0 Å². The fourth-order valence-electron chi connectivity index (χ4n) is 5.72. The largest absolute Gasteiger partial charge is 0.493 e. The van der Waals surface area contributed by atoms with E-state index in [9.17, 15) is 15.3 Å². The Morgan fingerprint density at radius 2 is 1.42 bits per heavy atom. The first kappa shape index (κ1) is 36.5. The van der Waals surface area contributed by atoms with E-state index in [0.717, 1.165) is 49.0 Å². The average Bonchev–Trinajstić information content (AvgIpc) is 3.07. The molecule has 3 aromatic rings. The number of hydrogen-bond donors (Lipinski definition) is 3. The van der Waals surface area contributed by atoms with Crippen LogP contribution in [0.1, 0.15) is 89.3 Å². The van der Waals surface area contributed by atoms with E-state index in [2.05, 4.69) is 81.9 Å². The average molecular weight is 617 g/mol. The molecule has 0 aliphatic rings. The molecule has 0 spiro atoms. The van der Waals surface area contributed by atoms with Crippen LogP contribution in [0.25, 0.3) is 22.3 Å². The normalized spacial score (nSPS) is 12.3. The first-order valence-electron chi connectivity index (χ1n) is 16.9. The van der Waals surface area contributed by atoms with E-state index in [1.807, 2.05) is 6.07 Å². The van der Waals surface area contributed by atoms with Gasteiger partial charge in [-0.25, -0.2) is 0 Å². The van der Waals surface area contributed by atoms with Crippen molar-refractivity contribution < 1.29 is 24.8 Å². The highest BCUT2D eigenvalue weighted by Gasteiger charge is 2.28. The topological polar surface area (TPSA) is 79.2 Å². The molecular formula is C40H56O5. The van der Waals surface area contributed by atoms with Crippen molar-refractivity contribution in [3.05, 3.63) is 89.5 Å². The predicted octanol–water partition coefficient (Wildman–Crippen LogP) is 8.70. The number of aliphatic hydroxyl groups excluding tert-OH is 3. The van der Waals surface area contributed by atoms with E-state index in [0.29, 0.717) is 31.6 Å². The molecule has 246 valence electrons. The molecule has 3 N–H and O–H groups in total. The molecule has 3 aromatic carbocycles. The highest BCUT2D eigenvalue weighted by Crippen LogP contribution is 2.34. The van der Waals surface area contributed by atoms with E-state index in [-0.39, 0.29) is 13.2 Å². The second-order valence-corrected chi connectivity index (χ2v) is 12.5. The molecule has 5 heteroatoms. The number of unbranched alkanes of at least 4 members (excludes halogenated alkanes) is 3. The lowest BCUT2D eigenvalue weighted by Gasteiger charge is -2.30. The van der Waals surface area contributed by atoms with E-state index in [1.165, 1.54) is 47.1 Å². The minimum Gasteiger partial charge on any atom is -0.493 e. The Kier molecular flexibility index (Phi) is 15.3. The molecule has 0 fully saturated rings. The Labute approximate surface area is 271 Å². The standard InChI is InChI=1S/C40H56O5/c1-6-9-11-12-31-13-15-33(16-14-31)34-17-19-37(32(8-3)26-34)35-18-20-38(36(27-35)21-24-45-39(43)30(4)5)44-25-23-40(28-41,29-42)22-10-7-2/h13-20,26-27,39,41-43H,4,6-12,21-25,28-29H2,1-3,5H3. The molecule has 3 rings (SSSR count). The van der Waals surface area contributed by atoms with Gasteiger partial charge in [-0.05, 0) is 102 Å². The maximum atomic E-state index is 10.1. The van der Waals surface area contributed by atoms with Crippen LogP contribution in [-0.2, 0) is 24.0 Å². The third kappa shape index (κ3) is 10.8. The molecule has 0 saturated heterocycles. The van der Waals surface area contributed by atoms with E-state index >= 15 is 0 Å². The Bertz CT molecular complexity index is 1310. The van der Waals surface area contributed by atoms with Gasteiger partial charge in [0.15, 0.2) is 6.29 Å². The fourth-order valence-corrected chi connectivity index (χ4v) is 5.72. The van der Waals surface area contributed by atoms with Gasteiger partial charge in [0.05, 0.1) is 26.4 Å². The zero-order valence-electron chi connectivity index (χ0n) is 28.1. The van der Waals surface area contributed by atoms with Crippen molar-refractivity contribution in [3.63, 3.8) is 0 Å². The monoisotopic (exact) mass is 616 g/mol. The summed E-state index contributed by atoms with van der Waals surface area (Å²) in [5.41, 5.74) is 8.42. The lowest BCUT2D eigenvalue weighted by atomic mass is 9.81. The number of hydrogen-bond acceptors (Lipinski definition) is 5. The first-order valence-corrected chi connectivity index (χ1v) is 16.9. The summed E-state index contributed by atoms with van der Waals surface area (Å²) in [6.45, 7) is 12.6. The summed E-state index contributed by atoms with van der Waals surface area (Å²) < 4.78 is 11.9. The molecule has 0 amide bonds. The van der Waals surface area contributed by atoms with Crippen LogP contribution in [0.2, 0.25) is 0 Å². The van der Waals surface area contributed by atoms with Gasteiger partial charge in [0.1, 0.15) is 5.75 Å². The molecule has 0 aromatic heterocycles. The molecule has 0 saturated carbocycles. The van der Waals surface area contributed by atoms with Gasteiger partial charge < -0.3 is 24.8 Å². The number of benzene rings is 3. The van der Waals surface area contributed by atoms with Gasteiger partial charge in [0.25, 0.3) is 0 Å². The van der Waals surface area contributed by atoms with Gasteiger partial charge in [0.2, 0.25) is 0 Å². The molecule has 1 atom stereocenters. The molecular weight excluding hydrogens is 560 g/mol. The summed E-state index contributed by atoms with van der Waals surface area (Å²) in [4.78, 5) is 0. The van der Waals surface area contributed by atoms with Crippen LogP contribution >= 0.6 is 0 Å². The fraction of sp³-hybridized carbons (Fsp3) is 0.500. The minimum absolute atomic E-state index is 0.0653. The molecule has 5 nitrogen and oxygen atoms in total. The van der Waals surface area contributed by atoms with E-state index in [4.69, 9.17) is 9.47 Å². The summed E-state index contributed by atoms with van der Waals surface area (Å²) in [7, 11) is 0. The zero-order valence-corrected chi connectivity index (χ0v) is 28.1. The van der Waals surface area contributed by atoms with Crippen LogP contribution in [-0.4, -0.2) is 48.0 Å². The Balaban J connectivity index is 1.84. The number of aryl methyl sites for hydroxylation is 2.